The molecule has 0 aliphatic heterocycles. The number of anilines is 2. The minimum absolute atomic E-state index is 0.411. The predicted molar refractivity (Wildman–Crippen MR) is 119 cm³/mol. The van der Waals surface area contributed by atoms with E-state index in [9.17, 15) is 0 Å². The van der Waals surface area contributed by atoms with Gasteiger partial charge in [0.25, 0.3) is 0 Å². The topological polar surface area (TPSA) is 98.8 Å². The van der Waals surface area contributed by atoms with Crippen molar-refractivity contribution in [2.24, 2.45) is 0 Å². The number of ether oxygens (including phenoxy) is 1. The van der Waals surface area contributed by atoms with E-state index in [0.717, 1.165) is 16.8 Å². The molecular weight excluding hydrogens is 404 g/mol. The number of benzene rings is 1. The zero-order chi connectivity index (χ0) is 21.6. The maximum Gasteiger partial charge on any atom is 0.227 e. The summed E-state index contributed by atoms with van der Waals surface area (Å²) in [6.07, 6.45) is 8.15. The van der Waals surface area contributed by atoms with Crippen molar-refractivity contribution < 1.29 is 9.15 Å². The summed E-state index contributed by atoms with van der Waals surface area (Å²) >= 11 is 0. The van der Waals surface area contributed by atoms with Gasteiger partial charge in [-0.15, -0.1) is 0 Å². The van der Waals surface area contributed by atoms with E-state index in [4.69, 9.17) is 9.15 Å². The molecule has 0 amide bonds. The first kappa shape index (κ1) is 19.4. The van der Waals surface area contributed by atoms with Crippen molar-refractivity contribution in [1.82, 2.24) is 24.9 Å². The van der Waals surface area contributed by atoms with Crippen molar-refractivity contribution in [3.8, 4) is 28.6 Å². The van der Waals surface area contributed by atoms with Gasteiger partial charge in [0.2, 0.25) is 11.8 Å². The molecule has 8 nitrogen and oxygen atoms in total. The van der Waals surface area contributed by atoms with Crippen molar-refractivity contribution in [3.63, 3.8) is 0 Å². The zero-order valence-electron chi connectivity index (χ0n) is 16.9. The second-order valence-corrected chi connectivity index (χ2v) is 6.81. The minimum Gasteiger partial charge on any atom is -0.473 e. The normalized spacial score (nSPS) is 10.6. The molecule has 4 aromatic heterocycles. The lowest BCUT2D eigenvalue weighted by Gasteiger charge is -2.10. The number of furan rings is 1. The third kappa shape index (κ3) is 4.44. The summed E-state index contributed by atoms with van der Waals surface area (Å²) in [5.74, 6) is 1.57. The average Bonchev–Trinajstić information content (AvgIpc) is 3.40. The highest BCUT2D eigenvalue weighted by molar-refractivity contribution is 5.76. The Bertz CT molecular complexity index is 1280. The van der Waals surface area contributed by atoms with Gasteiger partial charge in [-0.3, -0.25) is 0 Å². The van der Waals surface area contributed by atoms with Crippen molar-refractivity contribution in [3.05, 3.63) is 97.4 Å². The highest BCUT2D eigenvalue weighted by Gasteiger charge is 2.15. The van der Waals surface area contributed by atoms with E-state index in [0.29, 0.717) is 35.6 Å². The Morgan fingerprint density at radius 3 is 2.56 bits per heavy atom. The summed E-state index contributed by atoms with van der Waals surface area (Å²) in [5, 5.41) is 3.17. The van der Waals surface area contributed by atoms with E-state index in [1.165, 1.54) is 6.33 Å². The van der Waals surface area contributed by atoms with Crippen molar-refractivity contribution >= 4 is 11.6 Å². The smallest absolute Gasteiger partial charge is 0.227 e. The van der Waals surface area contributed by atoms with Gasteiger partial charge in [-0.2, -0.15) is 0 Å². The molecule has 0 saturated carbocycles. The van der Waals surface area contributed by atoms with Crippen LogP contribution in [-0.4, -0.2) is 24.9 Å². The second kappa shape index (κ2) is 9.05. The molecule has 0 spiro atoms. The van der Waals surface area contributed by atoms with E-state index in [-0.39, 0.29) is 0 Å². The van der Waals surface area contributed by atoms with E-state index in [1.807, 2.05) is 48.5 Å². The molecule has 0 saturated heterocycles. The van der Waals surface area contributed by atoms with Crippen LogP contribution in [0, 0.1) is 0 Å². The number of aromatic nitrogens is 5. The maximum atomic E-state index is 5.74. The molecule has 0 atom stereocenters. The van der Waals surface area contributed by atoms with Gasteiger partial charge in [-0.25, -0.2) is 24.9 Å². The quantitative estimate of drug-likeness (QED) is 0.395. The third-order valence-corrected chi connectivity index (χ3v) is 4.62. The molecule has 0 radical (unpaired) electrons. The van der Waals surface area contributed by atoms with Gasteiger partial charge in [-0.05, 0) is 29.8 Å². The number of pyridine rings is 1. The minimum atomic E-state index is 0.411. The Kier molecular flexibility index (Phi) is 5.48. The van der Waals surface area contributed by atoms with Crippen LogP contribution in [0.2, 0.25) is 0 Å². The molecule has 0 aliphatic rings. The van der Waals surface area contributed by atoms with Crippen LogP contribution < -0.4 is 10.1 Å². The molecule has 0 fully saturated rings. The summed E-state index contributed by atoms with van der Waals surface area (Å²) in [7, 11) is 0. The fourth-order valence-corrected chi connectivity index (χ4v) is 3.08. The van der Waals surface area contributed by atoms with Crippen LogP contribution in [0.15, 0.2) is 96.3 Å². The Labute approximate surface area is 184 Å². The highest BCUT2D eigenvalue weighted by atomic mass is 16.5. The summed E-state index contributed by atoms with van der Waals surface area (Å²) in [4.78, 5) is 21.7. The largest absolute Gasteiger partial charge is 0.473 e. The molecule has 1 aromatic carbocycles. The fourth-order valence-electron chi connectivity index (χ4n) is 3.08. The third-order valence-electron chi connectivity index (χ3n) is 4.62. The molecule has 1 N–H and O–H groups in total. The average molecular weight is 422 g/mol. The number of rotatable bonds is 7. The Hall–Kier alpha value is -4.59. The van der Waals surface area contributed by atoms with Crippen LogP contribution in [-0.2, 0) is 6.61 Å². The van der Waals surface area contributed by atoms with Gasteiger partial charge >= 0.3 is 0 Å². The van der Waals surface area contributed by atoms with Gasteiger partial charge in [0.1, 0.15) is 18.6 Å². The monoisotopic (exact) mass is 422 g/mol. The Balaban J connectivity index is 1.34. The van der Waals surface area contributed by atoms with Crippen LogP contribution >= 0.6 is 0 Å². The number of nitrogens with zero attached hydrogens (tertiary/aromatic N) is 5. The Morgan fingerprint density at radius 2 is 1.81 bits per heavy atom. The van der Waals surface area contributed by atoms with Crippen LogP contribution in [0.3, 0.4) is 0 Å². The van der Waals surface area contributed by atoms with E-state index in [2.05, 4.69) is 30.2 Å². The number of nitrogens with one attached hydrogen (secondary N) is 1. The molecule has 8 heteroatoms. The molecule has 5 rings (SSSR count). The first-order chi connectivity index (χ1) is 15.8. The molecule has 0 unspecified atom stereocenters. The molecular formula is C24H18N6O2. The molecule has 0 aliphatic carbocycles. The lowest BCUT2D eigenvalue weighted by atomic mass is 10.1. The predicted octanol–water partition coefficient (Wildman–Crippen LogP) is 4.91. The number of hydrogen-bond acceptors (Lipinski definition) is 8. The van der Waals surface area contributed by atoms with Gasteiger partial charge in [0, 0.05) is 24.0 Å². The van der Waals surface area contributed by atoms with Gasteiger partial charge < -0.3 is 14.5 Å². The van der Waals surface area contributed by atoms with E-state index < -0.39 is 0 Å². The molecule has 0 bridgehead atoms. The standard InChI is InChI=1S/C24H18N6O2/c1-2-5-17(6-3-1)15-32-22-9-8-18(13-26-22)29-24-27-14-19(20-10-11-25-16-28-20)23(30-24)21-7-4-12-31-21/h1-14,16H,15H2,(H,27,29,30). The van der Waals surface area contributed by atoms with Gasteiger partial charge in [0.15, 0.2) is 5.76 Å². The Morgan fingerprint density at radius 1 is 0.875 bits per heavy atom. The summed E-state index contributed by atoms with van der Waals surface area (Å²) in [6.45, 7) is 0.459. The highest BCUT2D eigenvalue weighted by Crippen LogP contribution is 2.30. The van der Waals surface area contributed by atoms with Crippen LogP contribution in [0.4, 0.5) is 11.6 Å². The van der Waals surface area contributed by atoms with Crippen LogP contribution in [0.1, 0.15) is 5.56 Å². The van der Waals surface area contributed by atoms with Crippen LogP contribution in [0.25, 0.3) is 22.7 Å². The first-order valence-corrected chi connectivity index (χ1v) is 9.92. The fraction of sp³-hybridized carbons (Fsp3) is 0.0417. The van der Waals surface area contributed by atoms with E-state index >= 15 is 0 Å². The van der Waals surface area contributed by atoms with Crippen molar-refractivity contribution in [2.75, 3.05) is 5.32 Å². The first-order valence-electron chi connectivity index (χ1n) is 9.92. The lowest BCUT2D eigenvalue weighted by molar-refractivity contribution is 0.294. The lowest BCUT2D eigenvalue weighted by Crippen LogP contribution is -2.01. The summed E-state index contributed by atoms with van der Waals surface area (Å²) in [5.41, 5.74) is 3.90. The second-order valence-electron chi connectivity index (χ2n) is 6.81. The van der Waals surface area contributed by atoms with Crippen LogP contribution in [0.5, 0.6) is 5.88 Å². The van der Waals surface area contributed by atoms with Gasteiger partial charge in [0.05, 0.1) is 23.8 Å². The van der Waals surface area contributed by atoms with Gasteiger partial charge in [-0.1, -0.05) is 30.3 Å². The molecule has 4 heterocycles. The zero-order valence-corrected chi connectivity index (χ0v) is 16.9. The molecule has 32 heavy (non-hydrogen) atoms. The maximum absolute atomic E-state index is 5.74. The number of hydrogen-bond donors (Lipinski definition) is 1. The van der Waals surface area contributed by atoms with E-state index in [1.54, 1.807) is 37.0 Å². The molecule has 5 aromatic rings. The summed E-state index contributed by atoms with van der Waals surface area (Å²) in [6, 6.07) is 19.1. The SMILES string of the molecule is c1ccc(COc2ccc(Nc3ncc(-c4ccncn4)c(-c4ccco4)n3)cn2)cc1. The van der Waals surface area contributed by atoms with Crippen molar-refractivity contribution in [1.29, 1.82) is 0 Å². The summed E-state index contributed by atoms with van der Waals surface area (Å²) < 4.78 is 11.3. The molecule has 156 valence electrons. The van der Waals surface area contributed by atoms with Crippen molar-refractivity contribution in [2.45, 2.75) is 6.61 Å².